The molecule has 6 heteroatoms. The van der Waals surface area contributed by atoms with Gasteiger partial charge < -0.3 is 9.47 Å². The Morgan fingerprint density at radius 1 is 1.09 bits per heavy atom. The van der Waals surface area contributed by atoms with Crippen LogP contribution in [0.5, 0.6) is 5.75 Å². The molecule has 0 spiro atoms. The van der Waals surface area contributed by atoms with E-state index in [0.29, 0.717) is 33.0 Å². The van der Waals surface area contributed by atoms with E-state index in [1.54, 1.807) is 31.2 Å². The number of halogens is 2. The highest BCUT2D eigenvalue weighted by Crippen LogP contribution is 2.27. The zero-order valence-corrected chi connectivity index (χ0v) is 14.0. The zero-order chi connectivity index (χ0) is 16.1. The van der Waals surface area contributed by atoms with Gasteiger partial charge in [0.05, 0.1) is 22.2 Å². The average Bonchev–Trinajstić information content (AvgIpc) is 2.49. The van der Waals surface area contributed by atoms with E-state index in [9.17, 15) is 9.59 Å². The van der Waals surface area contributed by atoms with Crippen LogP contribution in [0.4, 0.5) is 0 Å². The van der Waals surface area contributed by atoms with Crippen LogP contribution in [0.1, 0.15) is 27.6 Å². The lowest BCUT2D eigenvalue weighted by atomic mass is 10.2. The fourth-order valence-electron chi connectivity index (χ4n) is 1.70. The van der Waals surface area contributed by atoms with Gasteiger partial charge in [-0.15, -0.1) is 0 Å². The van der Waals surface area contributed by atoms with E-state index in [1.165, 1.54) is 18.2 Å². The molecule has 0 aromatic heterocycles. The first-order valence-corrected chi connectivity index (χ1v) is 7.62. The fraction of sp³-hybridized carbons (Fsp3) is 0.125. The van der Waals surface area contributed by atoms with Gasteiger partial charge in [0.1, 0.15) is 5.75 Å². The summed E-state index contributed by atoms with van der Waals surface area (Å²) < 4.78 is 10.7. The summed E-state index contributed by atoms with van der Waals surface area (Å²) in [6, 6.07) is 11.1. The van der Waals surface area contributed by atoms with Crippen molar-refractivity contribution in [1.82, 2.24) is 0 Å². The van der Waals surface area contributed by atoms with Crippen molar-refractivity contribution in [2.75, 3.05) is 6.61 Å². The minimum atomic E-state index is -0.535. The number of esters is 2. The second-order valence-electron chi connectivity index (χ2n) is 4.27. The Hall–Kier alpha value is -1.85. The fourth-order valence-corrected chi connectivity index (χ4v) is 2.35. The van der Waals surface area contributed by atoms with Crippen molar-refractivity contribution in [3.8, 4) is 5.75 Å². The van der Waals surface area contributed by atoms with Crippen LogP contribution in [0, 0.1) is 0 Å². The second kappa shape index (κ2) is 7.42. The Morgan fingerprint density at radius 2 is 1.82 bits per heavy atom. The second-order valence-corrected chi connectivity index (χ2v) is 5.56. The van der Waals surface area contributed by atoms with Gasteiger partial charge in [-0.3, -0.25) is 0 Å². The van der Waals surface area contributed by atoms with Crippen LogP contribution in [-0.4, -0.2) is 18.5 Å². The van der Waals surface area contributed by atoms with Crippen molar-refractivity contribution in [3.05, 3.63) is 63.1 Å². The van der Waals surface area contributed by atoms with Gasteiger partial charge in [-0.2, -0.15) is 0 Å². The van der Waals surface area contributed by atoms with E-state index in [2.05, 4.69) is 15.9 Å². The quantitative estimate of drug-likeness (QED) is 0.576. The number of hydrogen-bond acceptors (Lipinski definition) is 4. The summed E-state index contributed by atoms with van der Waals surface area (Å²) in [5.41, 5.74) is 0.713. The zero-order valence-electron chi connectivity index (χ0n) is 11.6. The molecule has 0 aliphatic heterocycles. The Labute approximate surface area is 141 Å². The summed E-state index contributed by atoms with van der Waals surface area (Å²) >= 11 is 9.11. The number of carbonyl (C=O) groups is 2. The smallest absolute Gasteiger partial charge is 0.343 e. The molecule has 0 aliphatic carbocycles. The highest BCUT2D eigenvalue weighted by Gasteiger charge is 2.14. The lowest BCUT2D eigenvalue weighted by molar-refractivity contribution is 0.0526. The van der Waals surface area contributed by atoms with E-state index in [-0.39, 0.29) is 0 Å². The topological polar surface area (TPSA) is 52.6 Å². The van der Waals surface area contributed by atoms with Gasteiger partial charge in [0.25, 0.3) is 0 Å². The van der Waals surface area contributed by atoms with Gasteiger partial charge in [0.15, 0.2) is 0 Å². The Kier molecular flexibility index (Phi) is 5.57. The minimum Gasteiger partial charge on any atom is -0.462 e. The minimum absolute atomic E-state index is 0.294. The molecule has 0 unspecified atom stereocenters. The standard InChI is InChI=1S/C16H12BrClO4/c1-2-21-15(19)11-6-7-14(13(17)9-11)22-16(20)10-4-3-5-12(18)8-10/h3-9H,2H2,1H3. The molecular formula is C16H12BrClO4. The van der Waals surface area contributed by atoms with E-state index in [4.69, 9.17) is 21.1 Å². The molecule has 0 bridgehead atoms. The molecule has 2 aromatic rings. The maximum absolute atomic E-state index is 12.0. The van der Waals surface area contributed by atoms with Crippen LogP contribution in [0.15, 0.2) is 46.9 Å². The van der Waals surface area contributed by atoms with Crippen LogP contribution >= 0.6 is 27.5 Å². The van der Waals surface area contributed by atoms with Crippen LogP contribution < -0.4 is 4.74 Å². The molecule has 0 radical (unpaired) electrons. The summed E-state index contributed by atoms with van der Waals surface area (Å²) in [4.78, 5) is 23.7. The number of carbonyl (C=O) groups excluding carboxylic acids is 2. The van der Waals surface area contributed by atoms with Gasteiger partial charge in [0, 0.05) is 5.02 Å². The highest BCUT2D eigenvalue weighted by molar-refractivity contribution is 9.10. The molecule has 0 saturated heterocycles. The molecule has 0 atom stereocenters. The Bertz CT molecular complexity index is 715. The van der Waals surface area contributed by atoms with E-state index in [0.717, 1.165) is 0 Å². The monoisotopic (exact) mass is 382 g/mol. The lowest BCUT2D eigenvalue weighted by Gasteiger charge is -2.08. The summed E-state index contributed by atoms with van der Waals surface area (Å²) in [6.07, 6.45) is 0. The summed E-state index contributed by atoms with van der Waals surface area (Å²) in [7, 11) is 0. The molecule has 0 fully saturated rings. The van der Waals surface area contributed by atoms with Gasteiger partial charge in [-0.05, 0) is 59.3 Å². The lowest BCUT2D eigenvalue weighted by Crippen LogP contribution is -2.09. The maximum atomic E-state index is 12.0. The molecule has 0 saturated carbocycles. The summed E-state index contributed by atoms with van der Waals surface area (Å²) in [5, 5.41) is 0.450. The van der Waals surface area contributed by atoms with Crippen LogP contribution in [0.2, 0.25) is 5.02 Å². The molecular weight excluding hydrogens is 372 g/mol. The molecule has 22 heavy (non-hydrogen) atoms. The van der Waals surface area contributed by atoms with Crippen LogP contribution in [-0.2, 0) is 4.74 Å². The van der Waals surface area contributed by atoms with Crippen LogP contribution in [0.25, 0.3) is 0 Å². The first-order valence-electron chi connectivity index (χ1n) is 6.45. The third-order valence-corrected chi connectivity index (χ3v) is 3.56. The predicted molar refractivity (Wildman–Crippen MR) is 86.5 cm³/mol. The highest BCUT2D eigenvalue weighted by atomic mass is 79.9. The molecule has 2 rings (SSSR count). The normalized spacial score (nSPS) is 10.1. The number of hydrogen-bond donors (Lipinski definition) is 0. The predicted octanol–water partition coefficient (Wildman–Crippen LogP) is 4.50. The molecule has 0 heterocycles. The van der Waals surface area contributed by atoms with Crippen molar-refractivity contribution in [3.63, 3.8) is 0 Å². The van der Waals surface area contributed by atoms with Gasteiger partial charge in [0.2, 0.25) is 0 Å². The first-order chi connectivity index (χ1) is 10.5. The van der Waals surface area contributed by atoms with Crippen molar-refractivity contribution >= 4 is 39.5 Å². The molecule has 4 nitrogen and oxygen atoms in total. The van der Waals surface area contributed by atoms with E-state index >= 15 is 0 Å². The van der Waals surface area contributed by atoms with E-state index < -0.39 is 11.9 Å². The first kappa shape index (κ1) is 16.5. The molecule has 2 aromatic carbocycles. The summed E-state index contributed by atoms with van der Waals surface area (Å²) in [6.45, 7) is 2.02. The molecule has 0 N–H and O–H groups in total. The largest absolute Gasteiger partial charge is 0.462 e. The van der Waals surface area contributed by atoms with Gasteiger partial charge in [-0.25, -0.2) is 9.59 Å². The Balaban J connectivity index is 2.16. The SMILES string of the molecule is CCOC(=O)c1ccc(OC(=O)c2cccc(Cl)c2)c(Br)c1. The molecule has 0 amide bonds. The third-order valence-electron chi connectivity index (χ3n) is 2.71. The van der Waals surface area contributed by atoms with E-state index in [1.807, 2.05) is 0 Å². The molecule has 114 valence electrons. The average molecular weight is 384 g/mol. The van der Waals surface area contributed by atoms with Gasteiger partial charge >= 0.3 is 11.9 Å². The maximum Gasteiger partial charge on any atom is 0.343 e. The number of rotatable bonds is 4. The van der Waals surface area contributed by atoms with Gasteiger partial charge in [-0.1, -0.05) is 17.7 Å². The molecule has 0 aliphatic rings. The van der Waals surface area contributed by atoms with Crippen molar-refractivity contribution in [2.45, 2.75) is 6.92 Å². The number of ether oxygens (including phenoxy) is 2. The van der Waals surface area contributed by atoms with Crippen molar-refractivity contribution in [1.29, 1.82) is 0 Å². The Morgan fingerprint density at radius 3 is 2.45 bits per heavy atom. The van der Waals surface area contributed by atoms with Crippen molar-refractivity contribution in [2.24, 2.45) is 0 Å². The number of benzene rings is 2. The van der Waals surface area contributed by atoms with Crippen molar-refractivity contribution < 1.29 is 19.1 Å². The third kappa shape index (κ3) is 4.08. The van der Waals surface area contributed by atoms with Crippen LogP contribution in [0.3, 0.4) is 0 Å². The summed E-state index contributed by atoms with van der Waals surface area (Å²) in [5.74, 6) is -0.666.